The second-order valence-corrected chi connectivity index (χ2v) is 5.47. The van der Waals surface area contributed by atoms with Crippen LogP contribution in [0.15, 0.2) is 36.5 Å². The number of hydrogen-bond donors (Lipinski definition) is 1. The number of hydrogen-bond acceptors (Lipinski definition) is 3. The van der Waals surface area contributed by atoms with Gasteiger partial charge in [-0.2, -0.15) is 5.10 Å². The second-order valence-electron chi connectivity index (χ2n) is 5.47. The molecule has 7 heteroatoms. The number of aromatic nitrogens is 2. The lowest BCUT2D eigenvalue weighted by molar-refractivity contribution is -0.143. The van der Waals surface area contributed by atoms with Gasteiger partial charge in [0.05, 0.1) is 5.69 Å². The molecule has 1 saturated heterocycles. The van der Waals surface area contributed by atoms with Crippen molar-refractivity contribution in [3.8, 4) is 5.69 Å². The van der Waals surface area contributed by atoms with E-state index in [1.807, 2.05) is 0 Å². The fourth-order valence-corrected chi connectivity index (χ4v) is 2.78. The molecule has 1 aliphatic rings. The first-order chi connectivity index (χ1) is 11.1. The molecular formula is C16H16FN3O3. The van der Waals surface area contributed by atoms with Gasteiger partial charge in [0, 0.05) is 12.7 Å². The standard InChI is InChI=1S/C16H16FN3O3/c17-11-4-3-5-12(10-11)20-9-7-13(18-20)15(21)19-8-2-1-6-14(19)16(22)23/h3-5,7,9-10,14H,1-2,6,8H2,(H,22,23). The van der Waals surface area contributed by atoms with Crippen molar-refractivity contribution in [1.82, 2.24) is 14.7 Å². The number of piperidine rings is 1. The van der Waals surface area contributed by atoms with Gasteiger partial charge < -0.3 is 10.0 Å². The normalized spacial score (nSPS) is 18.0. The van der Waals surface area contributed by atoms with Gasteiger partial charge in [0.2, 0.25) is 0 Å². The average Bonchev–Trinajstić information content (AvgIpc) is 3.04. The summed E-state index contributed by atoms with van der Waals surface area (Å²) in [4.78, 5) is 25.2. The summed E-state index contributed by atoms with van der Waals surface area (Å²) in [7, 11) is 0. The Kier molecular flexibility index (Phi) is 4.10. The zero-order valence-corrected chi connectivity index (χ0v) is 12.4. The quantitative estimate of drug-likeness (QED) is 0.940. The van der Waals surface area contributed by atoms with Crippen molar-refractivity contribution in [1.29, 1.82) is 0 Å². The predicted molar refractivity (Wildman–Crippen MR) is 79.8 cm³/mol. The van der Waals surface area contributed by atoms with Gasteiger partial charge >= 0.3 is 5.97 Å². The largest absolute Gasteiger partial charge is 0.480 e. The summed E-state index contributed by atoms with van der Waals surface area (Å²) in [5.41, 5.74) is 0.653. The SMILES string of the molecule is O=C(O)C1CCCCN1C(=O)c1ccn(-c2cccc(F)c2)n1. The van der Waals surface area contributed by atoms with E-state index in [0.717, 1.165) is 12.8 Å². The number of halogens is 1. The minimum Gasteiger partial charge on any atom is -0.480 e. The van der Waals surface area contributed by atoms with Crippen LogP contribution in [0.2, 0.25) is 0 Å². The molecule has 0 saturated carbocycles. The van der Waals surface area contributed by atoms with Gasteiger partial charge in [0.1, 0.15) is 11.9 Å². The van der Waals surface area contributed by atoms with Gasteiger partial charge in [-0.1, -0.05) is 6.07 Å². The van der Waals surface area contributed by atoms with Crippen LogP contribution in [-0.4, -0.2) is 44.3 Å². The van der Waals surface area contributed by atoms with E-state index >= 15 is 0 Å². The van der Waals surface area contributed by atoms with Crippen molar-refractivity contribution < 1.29 is 19.1 Å². The Balaban J connectivity index is 1.84. The summed E-state index contributed by atoms with van der Waals surface area (Å²) in [6.45, 7) is 0.405. The molecule has 1 N–H and O–H groups in total. The lowest BCUT2D eigenvalue weighted by Crippen LogP contribution is -2.48. The fraction of sp³-hybridized carbons (Fsp3) is 0.312. The first-order valence-electron chi connectivity index (χ1n) is 7.41. The number of benzene rings is 1. The topological polar surface area (TPSA) is 75.4 Å². The van der Waals surface area contributed by atoms with Crippen LogP contribution >= 0.6 is 0 Å². The van der Waals surface area contributed by atoms with Gasteiger partial charge in [-0.3, -0.25) is 4.79 Å². The minimum absolute atomic E-state index is 0.155. The number of nitrogens with zero attached hydrogens (tertiary/aromatic N) is 3. The van der Waals surface area contributed by atoms with Crippen LogP contribution < -0.4 is 0 Å². The minimum atomic E-state index is -0.998. The van der Waals surface area contributed by atoms with Crippen LogP contribution in [0.4, 0.5) is 4.39 Å². The molecule has 0 bridgehead atoms. The molecular weight excluding hydrogens is 301 g/mol. The first kappa shape index (κ1) is 15.2. The molecule has 1 aliphatic heterocycles. The number of carbonyl (C=O) groups excluding carboxylic acids is 1. The van der Waals surface area contributed by atoms with Crippen LogP contribution in [0.5, 0.6) is 0 Å². The number of amides is 1. The fourth-order valence-electron chi connectivity index (χ4n) is 2.78. The lowest BCUT2D eigenvalue weighted by atomic mass is 10.0. The summed E-state index contributed by atoms with van der Waals surface area (Å²) in [5, 5.41) is 13.4. The molecule has 1 aromatic carbocycles. The number of rotatable bonds is 3. The van der Waals surface area contributed by atoms with E-state index in [9.17, 15) is 19.1 Å². The number of carbonyl (C=O) groups is 2. The molecule has 6 nitrogen and oxygen atoms in total. The molecule has 1 atom stereocenters. The number of carboxylic acid groups (broad SMARTS) is 1. The third kappa shape index (κ3) is 3.08. The Labute approximate surface area is 132 Å². The summed E-state index contributed by atoms with van der Waals surface area (Å²) >= 11 is 0. The molecule has 1 amide bonds. The van der Waals surface area contributed by atoms with Crippen molar-refractivity contribution >= 4 is 11.9 Å². The van der Waals surface area contributed by atoms with E-state index in [-0.39, 0.29) is 5.69 Å². The van der Waals surface area contributed by atoms with Crippen LogP contribution in [0.25, 0.3) is 5.69 Å². The average molecular weight is 317 g/mol. The lowest BCUT2D eigenvalue weighted by Gasteiger charge is -2.32. The van der Waals surface area contributed by atoms with E-state index in [0.29, 0.717) is 18.7 Å². The third-order valence-electron chi connectivity index (χ3n) is 3.93. The van der Waals surface area contributed by atoms with E-state index < -0.39 is 23.7 Å². The van der Waals surface area contributed by atoms with Crippen molar-refractivity contribution in [2.45, 2.75) is 25.3 Å². The molecule has 1 unspecified atom stereocenters. The summed E-state index contributed by atoms with van der Waals surface area (Å²) in [6, 6.07) is 6.56. The van der Waals surface area contributed by atoms with Crippen LogP contribution in [0.3, 0.4) is 0 Å². The van der Waals surface area contributed by atoms with E-state index in [4.69, 9.17) is 0 Å². The first-order valence-corrected chi connectivity index (χ1v) is 7.41. The highest BCUT2D eigenvalue weighted by Gasteiger charge is 2.33. The third-order valence-corrected chi connectivity index (χ3v) is 3.93. The summed E-state index contributed by atoms with van der Waals surface area (Å²) in [5.74, 6) is -1.80. The smallest absolute Gasteiger partial charge is 0.326 e. The molecule has 23 heavy (non-hydrogen) atoms. The van der Waals surface area contributed by atoms with Crippen molar-refractivity contribution in [3.05, 3.63) is 48.0 Å². The van der Waals surface area contributed by atoms with Gasteiger partial charge in [-0.15, -0.1) is 0 Å². The molecule has 0 aliphatic carbocycles. The molecule has 120 valence electrons. The van der Waals surface area contributed by atoms with Crippen LogP contribution in [-0.2, 0) is 4.79 Å². The molecule has 1 fully saturated rings. The van der Waals surface area contributed by atoms with Crippen molar-refractivity contribution in [3.63, 3.8) is 0 Å². The maximum absolute atomic E-state index is 13.3. The second kappa shape index (κ2) is 6.20. The Morgan fingerprint density at radius 2 is 2.09 bits per heavy atom. The Hall–Kier alpha value is -2.70. The Morgan fingerprint density at radius 1 is 1.26 bits per heavy atom. The number of likely N-dealkylation sites (tertiary alicyclic amines) is 1. The predicted octanol–water partition coefficient (Wildman–Crippen LogP) is 2.09. The van der Waals surface area contributed by atoms with Gasteiger partial charge in [-0.25, -0.2) is 13.9 Å². The van der Waals surface area contributed by atoms with E-state index in [1.54, 1.807) is 18.3 Å². The highest BCUT2D eigenvalue weighted by molar-refractivity contribution is 5.95. The summed E-state index contributed by atoms with van der Waals surface area (Å²) < 4.78 is 14.7. The number of carboxylic acids is 1. The van der Waals surface area contributed by atoms with Crippen LogP contribution in [0.1, 0.15) is 29.8 Å². The van der Waals surface area contributed by atoms with Gasteiger partial charge in [0.15, 0.2) is 5.69 Å². The summed E-state index contributed by atoms with van der Waals surface area (Å²) in [6.07, 6.45) is 3.58. The number of aliphatic carboxylic acids is 1. The maximum Gasteiger partial charge on any atom is 0.326 e. The monoisotopic (exact) mass is 317 g/mol. The maximum atomic E-state index is 13.3. The molecule has 2 heterocycles. The highest BCUT2D eigenvalue weighted by Crippen LogP contribution is 2.20. The molecule has 1 aromatic heterocycles. The van der Waals surface area contributed by atoms with Crippen molar-refractivity contribution in [2.24, 2.45) is 0 Å². The highest BCUT2D eigenvalue weighted by atomic mass is 19.1. The van der Waals surface area contributed by atoms with Gasteiger partial charge in [0.25, 0.3) is 5.91 Å². The van der Waals surface area contributed by atoms with Crippen LogP contribution in [0, 0.1) is 5.82 Å². The van der Waals surface area contributed by atoms with E-state index in [1.165, 1.54) is 27.8 Å². The zero-order valence-electron chi connectivity index (χ0n) is 12.4. The molecule has 2 aromatic rings. The molecule has 0 spiro atoms. The van der Waals surface area contributed by atoms with Gasteiger partial charge in [-0.05, 0) is 43.5 Å². The van der Waals surface area contributed by atoms with Crippen molar-refractivity contribution in [2.75, 3.05) is 6.54 Å². The Bertz CT molecular complexity index is 744. The zero-order chi connectivity index (χ0) is 16.4. The molecule has 3 rings (SSSR count). The van der Waals surface area contributed by atoms with E-state index in [2.05, 4.69) is 5.10 Å². The molecule has 0 radical (unpaired) electrons. The Morgan fingerprint density at radius 3 is 2.83 bits per heavy atom.